The number of carbonyl (C=O) groups excluding carboxylic acids is 1. The highest BCUT2D eigenvalue weighted by Gasteiger charge is 2.34. The highest BCUT2D eigenvalue weighted by molar-refractivity contribution is 6.32. The van der Waals surface area contributed by atoms with Gasteiger partial charge in [-0.3, -0.25) is 14.2 Å². The number of hydrogen-bond acceptors (Lipinski definition) is 3. The molecule has 0 atom stereocenters. The van der Waals surface area contributed by atoms with Gasteiger partial charge in [0.25, 0.3) is 6.43 Å². The molecule has 25 heavy (non-hydrogen) atoms. The van der Waals surface area contributed by atoms with Gasteiger partial charge in [-0.05, 0) is 19.8 Å². The van der Waals surface area contributed by atoms with Gasteiger partial charge in [-0.1, -0.05) is 23.2 Å². The van der Waals surface area contributed by atoms with Crippen LogP contribution in [0.3, 0.4) is 0 Å². The molecule has 136 valence electrons. The fourth-order valence-electron chi connectivity index (χ4n) is 2.69. The Hall–Kier alpha value is -1.67. The van der Waals surface area contributed by atoms with Crippen molar-refractivity contribution in [2.24, 2.45) is 0 Å². The second kappa shape index (κ2) is 7.29. The van der Waals surface area contributed by atoms with E-state index in [0.29, 0.717) is 23.0 Å². The van der Waals surface area contributed by atoms with E-state index in [-0.39, 0.29) is 29.9 Å². The predicted octanol–water partition coefficient (Wildman–Crippen LogP) is 3.54. The van der Waals surface area contributed by atoms with E-state index in [0.717, 1.165) is 12.8 Å². The summed E-state index contributed by atoms with van der Waals surface area (Å²) in [6.45, 7) is 2.56. The molecule has 1 fully saturated rings. The van der Waals surface area contributed by atoms with E-state index in [1.165, 1.54) is 10.9 Å². The maximum atomic E-state index is 13.0. The highest BCUT2D eigenvalue weighted by atomic mass is 35.5. The van der Waals surface area contributed by atoms with E-state index in [4.69, 9.17) is 23.2 Å². The number of alkyl halides is 2. The number of halogens is 4. The van der Waals surface area contributed by atoms with E-state index < -0.39 is 12.1 Å². The highest BCUT2D eigenvalue weighted by Crippen LogP contribution is 2.45. The molecule has 1 amide bonds. The van der Waals surface area contributed by atoms with Gasteiger partial charge >= 0.3 is 0 Å². The molecule has 0 bridgehead atoms. The SMILES string of the molecule is CCn1ncc(Cl)c1CNC(=O)Cn1nc(C(F)F)c(Cl)c1C1CC1. The molecule has 2 aromatic rings. The topological polar surface area (TPSA) is 64.7 Å². The van der Waals surface area contributed by atoms with Gasteiger partial charge in [0, 0.05) is 12.5 Å². The van der Waals surface area contributed by atoms with Crippen LogP contribution in [0.1, 0.15) is 49.2 Å². The number of carbonyl (C=O) groups is 1. The summed E-state index contributed by atoms with van der Waals surface area (Å²) >= 11 is 12.1. The maximum absolute atomic E-state index is 13.0. The van der Waals surface area contributed by atoms with Crippen molar-refractivity contribution < 1.29 is 13.6 Å². The summed E-state index contributed by atoms with van der Waals surface area (Å²) in [7, 11) is 0. The number of amides is 1. The van der Waals surface area contributed by atoms with Gasteiger partial charge < -0.3 is 5.32 Å². The molecule has 1 aliphatic rings. The average Bonchev–Trinajstić information content (AvgIpc) is 3.25. The van der Waals surface area contributed by atoms with Crippen molar-refractivity contribution >= 4 is 29.1 Å². The van der Waals surface area contributed by atoms with Crippen molar-refractivity contribution in [1.29, 1.82) is 0 Å². The second-order valence-corrected chi connectivity index (χ2v) is 6.63. The standard InChI is InChI=1S/C15H17Cl2F2N5O/c1-2-23-10(9(16)5-21-23)6-20-11(25)7-24-14(8-3-4-8)12(17)13(22-24)15(18)19/h5,8,15H,2-4,6-7H2,1H3,(H,20,25). The summed E-state index contributed by atoms with van der Waals surface area (Å²) in [4.78, 5) is 12.2. The molecule has 3 rings (SSSR count). The van der Waals surface area contributed by atoms with Crippen LogP contribution in [0.5, 0.6) is 0 Å². The molecule has 1 saturated carbocycles. The third-order valence-electron chi connectivity index (χ3n) is 4.07. The van der Waals surface area contributed by atoms with Crippen LogP contribution in [0, 0.1) is 0 Å². The van der Waals surface area contributed by atoms with Crippen molar-refractivity contribution in [3.63, 3.8) is 0 Å². The van der Waals surface area contributed by atoms with Gasteiger partial charge in [0.15, 0.2) is 0 Å². The van der Waals surface area contributed by atoms with E-state index >= 15 is 0 Å². The Morgan fingerprint density at radius 3 is 2.72 bits per heavy atom. The van der Waals surface area contributed by atoms with E-state index in [1.807, 2.05) is 6.92 Å². The Morgan fingerprint density at radius 2 is 2.12 bits per heavy atom. The first-order valence-electron chi connectivity index (χ1n) is 7.93. The minimum absolute atomic E-state index is 0.0302. The van der Waals surface area contributed by atoms with Gasteiger partial charge in [-0.15, -0.1) is 0 Å². The zero-order valence-corrected chi connectivity index (χ0v) is 15.0. The summed E-state index contributed by atoms with van der Waals surface area (Å²) in [5, 5.41) is 11.1. The van der Waals surface area contributed by atoms with Gasteiger partial charge in [0.2, 0.25) is 5.91 Å². The van der Waals surface area contributed by atoms with Crippen molar-refractivity contribution in [2.75, 3.05) is 0 Å². The molecule has 0 aliphatic heterocycles. The molecule has 0 saturated heterocycles. The van der Waals surface area contributed by atoms with Crippen LogP contribution in [-0.4, -0.2) is 25.5 Å². The predicted molar refractivity (Wildman–Crippen MR) is 88.9 cm³/mol. The molecule has 0 aromatic carbocycles. The molecule has 0 spiro atoms. The average molecular weight is 392 g/mol. The molecule has 6 nitrogen and oxygen atoms in total. The summed E-state index contributed by atoms with van der Waals surface area (Å²) in [5.74, 6) is -0.266. The molecular formula is C15H17Cl2F2N5O. The van der Waals surface area contributed by atoms with Crippen molar-refractivity contribution in [3.8, 4) is 0 Å². The Kier molecular flexibility index (Phi) is 5.29. The lowest BCUT2D eigenvalue weighted by atomic mass is 10.2. The smallest absolute Gasteiger partial charge is 0.283 e. The Labute approximate surface area is 153 Å². The molecule has 1 aliphatic carbocycles. The summed E-state index contributed by atoms with van der Waals surface area (Å²) in [5.41, 5.74) is 0.735. The number of rotatable bonds is 7. The van der Waals surface area contributed by atoms with E-state index in [9.17, 15) is 13.6 Å². The minimum Gasteiger partial charge on any atom is -0.349 e. The summed E-state index contributed by atoms with van der Waals surface area (Å²) in [6, 6.07) is 0. The Bertz CT molecular complexity index is 785. The van der Waals surface area contributed by atoms with Crippen LogP contribution in [0.2, 0.25) is 10.0 Å². The molecule has 2 aromatic heterocycles. The third kappa shape index (κ3) is 3.79. The molecule has 0 radical (unpaired) electrons. The lowest BCUT2D eigenvalue weighted by Gasteiger charge is -2.10. The largest absolute Gasteiger partial charge is 0.349 e. The van der Waals surface area contributed by atoms with Crippen LogP contribution in [0.25, 0.3) is 0 Å². The second-order valence-electron chi connectivity index (χ2n) is 5.85. The molecular weight excluding hydrogens is 375 g/mol. The van der Waals surface area contributed by atoms with Crippen molar-refractivity contribution in [3.05, 3.63) is 33.3 Å². The minimum atomic E-state index is -2.77. The first-order valence-corrected chi connectivity index (χ1v) is 8.69. The Balaban J connectivity index is 1.71. The normalized spacial score (nSPS) is 14.3. The van der Waals surface area contributed by atoms with Crippen molar-refractivity contribution in [2.45, 2.75) is 51.7 Å². The molecule has 10 heteroatoms. The monoisotopic (exact) mass is 391 g/mol. The lowest BCUT2D eigenvalue weighted by Crippen LogP contribution is -2.29. The van der Waals surface area contributed by atoms with Crippen LogP contribution in [0.4, 0.5) is 8.78 Å². The fraction of sp³-hybridized carbons (Fsp3) is 0.533. The fourth-order valence-corrected chi connectivity index (χ4v) is 3.27. The van der Waals surface area contributed by atoms with Crippen molar-refractivity contribution in [1.82, 2.24) is 24.9 Å². The number of nitrogens with one attached hydrogen (secondary N) is 1. The third-order valence-corrected chi connectivity index (χ3v) is 4.77. The Morgan fingerprint density at radius 1 is 1.40 bits per heavy atom. The summed E-state index contributed by atoms with van der Waals surface area (Å²) in [6.07, 6.45) is 0.467. The molecule has 0 unspecified atom stereocenters. The first-order chi connectivity index (χ1) is 11.9. The number of aromatic nitrogens is 4. The number of aryl methyl sites for hydroxylation is 1. The van der Waals surface area contributed by atoms with E-state index in [1.54, 1.807) is 4.68 Å². The van der Waals surface area contributed by atoms with Crippen LogP contribution in [0.15, 0.2) is 6.20 Å². The number of hydrogen-bond donors (Lipinski definition) is 1. The van der Waals surface area contributed by atoms with Crippen LogP contribution < -0.4 is 5.32 Å². The van der Waals surface area contributed by atoms with Crippen LogP contribution >= 0.6 is 23.2 Å². The quantitative estimate of drug-likeness (QED) is 0.784. The van der Waals surface area contributed by atoms with Gasteiger partial charge in [-0.25, -0.2) is 8.78 Å². The molecule has 2 heterocycles. The zero-order chi connectivity index (χ0) is 18.1. The summed E-state index contributed by atoms with van der Waals surface area (Å²) < 4.78 is 29.0. The van der Waals surface area contributed by atoms with Gasteiger partial charge in [0.05, 0.1) is 34.2 Å². The van der Waals surface area contributed by atoms with Gasteiger partial charge in [-0.2, -0.15) is 10.2 Å². The number of nitrogens with zero attached hydrogens (tertiary/aromatic N) is 4. The first kappa shape index (κ1) is 18.1. The molecule has 1 N–H and O–H groups in total. The van der Waals surface area contributed by atoms with E-state index in [2.05, 4.69) is 15.5 Å². The maximum Gasteiger partial charge on any atom is 0.283 e. The van der Waals surface area contributed by atoms with Gasteiger partial charge in [0.1, 0.15) is 12.2 Å². The van der Waals surface area contributed by atoms with Crippen LogP contribution in [-0.2, 0) is 24.4 Å². The zero-order valence-electron chi connectivity index (χ0n) is 13.5. The lowest BCUT2D eigenvalue weighted by molar-refractivity contribution is -0.122.